The predicted molar refractivity (Wildman–Crippen MR) is 108 cm³/mol. The summed E-state index contributed by atoms with van der Waals surface area (Å²) in [6.45, 7) is 0.657. The van der Waals surface area contributed by atoms with Gasteiger partial charge in [-0.3, -0.25) is 4.79 Å². The summed E-state index contributed by atoms with van der Waals surface area (Å²) in [6, 6.07) is 26.5. The summed E-state index contributed by atoms with van der Waals surface area (Å²) < 4.78 is 0. The summed E-state index contributed by atoms with van der Waals surface area (Å²) in [5.41, 5.74) is 3.27. The van der Waals surface area contributed by atoms with Crippen LogP contribution >= 0.6 is 11.8 Å². The van der Waals surface area contributed by atoms with Gasteiger partial charge in [-0.05, 0) is 36.4 Å². The third kappa shape index (κ3) is 3.20. The van der Waals surface area contributed by atoms with Crippen LogP contribution in [0, 0.1) is 0 Å². The van der Waals surface area contributed by atoms with Crippen molar-refractivity contribution in [2.45, 2.75) is 16.2 Å². The van der Waals surface area contributed by atoms with Gasteiger partial charge in [0.15, 0.2) is 0 Å². The van der Waals surface area contributed by atoms with E-state index in [0.29, 0.717) is 13.0 Å². The molecule has 0 radical (unpaired) electrons. The summed E-state index contributed by atoms with van der Waals surface area (Å²) >= 11 is 1.79. The quantitative estimate of drug-likeness (QED) is 0.627. The van der Waals surface area contributed by atoms with Gasteiger partial charge in [-0.25, -0.2) is 0 Å². The normalized spacial score (nSPS) is 12.3. The standard InChI is InChI=1S/C22H20N2OS/c1-23(17-9-3-2-4-10-17)22(25)15-16-24-18-11-5-7-13-20(18)26-21-14-8-6-12-19(21)24/h2-14H,15-16H2,1H3. The fraction of sp³-hybridized carbons (Fsp3) is 0.136. The lowest BCUT2D eigenvalue weighted by atomic mass is 10.2. The van der Waals surface area contributed by atoms with Crippen LogP contribution < -0.4 is 9.80 Å². The lowest BCUT2D eigenvalue weighted by molar-refractivity contribution is -0.118. The minimum Gasteiger partial charge on any atom is -0.339 e. The zero-order valence-electron chi connectivity index (χ0n) is 14.6. The first kappa shape index (κ1) is 16.7. The van der Waals surface area contributed by atoms with E-state index >= 15 is 0 Å². The van der Waals surface area contributed by atoms with Gasteiger partial charge in [0.1, 0.15) is 0 Å². The zero-order chi connectivity index (χ0) is 17.9. The molecule has 3 nitrogen and oxygen atoms in total. The van der Waals surface area contributed by atoms with Crippen LogP contribution in [0.4, 0.5) is 17.1 Å². The van der Waals surface area contributed by atoms with Crippen LogP contribution in [0.15, 0.2) is 88.7 Å². The van der Waals surface area contributed by atoms with E-state index in [1.807, 2.05) is 37.4 Å². The maximum Gasteiger partial charge on any atom is 0.228 e. The largest absolute Gasteiger partial charge is 0.339 e. The molecule has 0 saturated heterocycles. The number of benzene rings is 3. The second-order valence-corrected chi connectivity index (χ2v) is 7.31. The van der Waals surface area contributed by atoms with E-state index in [2.05, 4.69) is 53.4 Å². The molecule has 0 aliphatic carbocycles. The Kier molecular flexibility index (Phi) is 4.67. The summed E-state index contributed by atoms with van der Waals surface area (Å²) in [6.07, 6.45) is 0.457. The van der Waals surface area contributed by atoms with Gasteiger partial charge in [0.2, 0.25) is 5.91 Å². The molecule has 0 unspecified atom stereocenters. The van der Waals surface area contributed by atoms with E-state index in [-0.39, 0.29) is 5.91 Å². The topological polar surface area (TPSA) is 23.6 Å². The minimum atomic E-state index is 0.115. The molecule has 0 N–H and O–H groups in total. The number of carbonyl (C=O) groups is 1. The van der Waals surface area contributed by atoms with Crippen molar-refractivity contribution >= 4 is 34.7 Å². The Labute approximate surface area is 158 Å². The van der Waals surface area contributed by atoms with E-state index < -0.39 is 0 Å². The molecule has 1 amide bonds. The average Bonchev–Trinajstić information content (AvgIpc) is 2.71. The number of carbonyl (C=O) groups excluding carboxylic acids is 1. The van der Waals surface area contributed by atoms with Gasteiger partial charge in [-0.15, -0.1) is 0 Å². The van der Waals surface area contributed by atoms with Crippen LogP contribution in [0.3, 0.4) is 0 Å². The molecule has 1 aliphatic heterocycles. The highest BCUT2D eigenvalue weighted by Gasteiger charge is 2.23. The van der Waals surface area contributed by atoms with Crippen molar-refractivity contribution in [2.24, 2.45) is 0 Å². The molecule has 1 aliphatic rings. The summed E-state index contributed by atoms with van der Waals surface area (Å²) in [4.78, 5) is 19.2. The second-order valence-electron chi connectivity index (χ2n) is 6.23. The summed E-state index contributed by atoms with van der Waals surface area (Å²) in [7, 11) is 1.84. The average molecular weight is 360 g/mol. The highest BCUT2D eigenvalue weighted by Crippen LogP contribution is 2.47. The van der Waals surface area contributed by atoms with E-state index in [0.717, 1.165) is 5.69 Å². The van der Waals surface area contributed by atoms with Crippen molar-refractivity contribution in [2.75, 3.05) is 23.4 Å². The summed E-state index contributed by atoms with van der Waals surface area (Å²) in [5, 5.41) is 0. The van der Waals surface area contributed by atoms with Crippen LogP contribution in [0.5, 0.6) is 0 Å². The highest BCUT2D eigenvalue weighted by atomic mass is 32.2. The Morgan fingerprint density at radius 1 is 0.846 bits per heavy atom. The predicted octanol–water partition coefficient (Wildman–Crippen LogP) is 5.34. The van der Waals surface area contributed by atoms with E-state index in [4.69, 9.17) is 0 Å². The van der Waals surface area contributed by atoms with E-state index in [9.17, 15) is 4.79 Å². The van der Waals surface area contributed by atoms with Crippen LogP contribution in [0.1, 0.15) is 6.42 Å². The second kappa shape index (κ2) is 7.26. The van der Waals surface area contributed by atoms with Gasteiger partial charge >= 0.3 is 0 Å². The molecule has 0 saturated carbocycles. The van der Waals surface area contributed by atoms with Crippen molar-refractivity contribution in [3.63, 3.8) is 0 Å². The van der Waals surface area contributed by atoms with Gasteiger partial charge in [0.25, 0.3) is 0 Å². The molecule has 0 fully saturated rings. The first-order valence-electron chi connectivity index (χ1n) is 8.69. The maximum atomic E-state index is 12.7. The van der Waals surface area contributed by atoms with Crippen LogP contribution in [-0.2, 0) is 4.79 Å². The lowest BCUT2D eigenvalue weighted by Gasteiger charge is -2.33. The molecular weight excluding hydrogens is 340 g/mol. The molecule has 0 aromatic heterocycles. The van der Waals surface area contributed by atoms with E-state index in [1.165, 1.54) is 21.2 Å². The number of nitrogens with zero attached hydrogens (tertiary/aromatic N) is 2. The van der Waals surface area contributed by atoms with Gasteiger partial charge < -0.3 is 9.80 Å². The Hall–Kier alpha value is -2.72. The molecule has 0 bridgehead atoms. The van der Waals surface area contributed by atoms with E-state index in [1.54, 1.807) is 16.7 Å². The fourth-order valence-electron chi connectivity index (χ4n) is 3.19. The Bertz CT molecular complexity index is 881. The smallest absolute Gasteiger partial charge is 0.228 e. The number of fused-ring (bicyclic) bond motifs is 2. The van der Waals surface area contributed by atoms with Gasteiger partial charge in [0.05, 0.1) is 11.4 Å². The van der Waals surface area contributed by atoms with Gasteiger partial charge in [0, 0.05) is 35.5 Å². The van der Waals surface area contributed by atoms with Crippen molar-refractivity contribution in [1.82, 2.24) is 0 Å². The molecule has 4 rings (SSSR count). The molecule has 26 heavy (non-hydrogen) atoms. The third-order valence-electron chi connectivity index (χ3n) is 4.60. The minimum absolute atomic E-state index is 0.115. The SMILES string of the molecule is CN(C(=O)CCN1c2ccccc2Sc2ccccc21)c1ccccc1. The van der Waals surface area contributed by atoms with Crippen molar-refractivity contribution in [1.29, 1.82) is 0 Å². The third-order valence-corrected chi connectivity index (χ3v) is 5.73. The molecule has 130 valence electrons. The summed E-state index contributed by atoms with van der Waals surface area (Å²) in [5.74, 6) is 0.115. The Morgan fingerprint density at radius 2 is 1.38 bits per heavy atom. The van der Waals surface area contributed by atoms with Crippen molar-refractivity contribution < 1.29 is 4.79 Å². The lowest BCUT2D eigenvalue weighted by Crippen LogP contribution is -2.31. The number of para-hydroxylation sites is 3. The molecule has 3 aromatic carbocycles. The number of amides is 1. The number of anilines is 3. The van der Waals surface area contributed by atoms with Gasteiger partial charge in [-0.1, -0.05) is 54.2 Å². The molecule has 1 heterocycles. The van der Waals surface area contributed by atoms with Crippen LogP contribution in [0.25, 0.3) is 0 Å². The van der Waals surface area contributed by atoms with Crippen LogP contribution in [-0.4, -0.2) is 19.5 Å². The van der Waals surface area contributed by atoms with Crippen molar-refractivity contribution in [3.05, 3.63) is 78.9 Å². The molecule has 0 spiro atoms. The number of hydrogen-bond acceptors (Lipinski definition) is 3. The molecular formula is C22H20N2OS. The van der Waals surface area contributed by atoms with Crippen LogP contribution in [0.2, 0.25) is 0 Å². The first-order valence-corrected chi connectivity index (χ1v) is 9.51. The maximum absolute atomic E-state index is 12.7. The molecule has 3 aromatic rings. The number of rotatable bonds is 4. The molecule has 4 heteroatoms. The van der Waals surface area contributed by atoms with Gasteiger partial charge in [-0.2, -0.15) is 0 Å². The molecule has 0 atom stereocenters. The fourth-order valence-corrected chi connectivity index (χ4v) is 4.29. The van der Waals surface area contributed by atoms with Crippen molar-refractivity contribution in [3.8, 4) is 0 Å². The Balaban J connectivity index is 1.56. The monoisotopic (exact) mass is 360 g/mol. The zero-order valence-corrected chi connectivity index (χ0v) is 15.4. The Morgan fingerprint density at radius 3 is 2.00 bits per heavy atom. The first-order chi connectivity index (χ1) is 12.7. The highest BCUT2D eigenvalue weighted by molar-refractivity contribution is 7.99. The number of hydrogen-bond donors (Lipinski definition) is 0.